The second kappa shape index (κ2) is 6.47. The maximum Gasteiger partial charge on any atom is 0.240 e. The standard InChI is InChI=1S/C15H20N2O4/c1-4-10(2)16-15(19)8-17(11(3)18)12-5-6-13-14(7-12)21-9-20-13/h5-7,10H,4,8-9H2,1-3H3,(H,16,19). The highest BCUT2D eigenvalue weighted by molar-refractivity contribution is 5.97. The molecule has 1 aliphatic heterocycles. The van der Waals surface area contributed by atoms with E-state index in [-0.39, 0.29) is 31.2 Å². The molecule has 6 nitrogen and oxygen atoms in total. The fourth-order valence-electron chi connectivity index (χ4n) is 2.00. The molecule has 2 amide bonds. The molecule has 1 unspecified atom stereocenters. The Morgan fingerprint density at radius 1 is 1.33 bits per heavy atom. The number of fused-ring (bicyclic) bond motifs is 1. The third-order valence-electron chi connectivity index (χ3n) is 3.37. The van der Waals surface area contributed by atoms with Crippen molar-refractivity contribution in [3.63, 3.8) is 0 Å². The van der Waals surface area contributed by atoms with Crippen molar-refractivity contribution in [2.24, 2.45) is 0 Å². The van der Waals surface area contributed by atoms with Gasteiger partial charge in [-0.05, 0) is 25.5 Å². The maximum absolute atomic E-state index is 12.0. The van der Waals surface area contributed by atoms with E-state index in [2.05, 4.69) is 5.32 Å². The first kappa shape index (κ1) is 15.2. The van der Waals surface area contributed by atoms with Crippen LogP contribution in [0, 0.1) is 0 Å². The van der Waals surface area contributed by atoms with Gasteiger partial charge < -0.3 is 19.7 Å². The molecule has 1 aromatic carbocycles. The summed E-state index contributed by atoms with van der Waals surface area (Å²) >= 11 is 0. The quantitative estimate of drug-likeness (QED) is 0.896. The molecule has 0 radical (unpaired) electrons. The van der Waals surface area contributed by atoms with Gasteiger partial charge in [-0.15, -0.1) is 0 Å². The molecule has 114 valence electrons. The molecule has 1 atom stereocenters. The second-order valence-corrected chi connectivity index (χ2v) is 5.02. The fraction of sp³-hybridized carbons (Fsp3) is 0.467. The van der Waals surface area contributed by atoms with E-state index in [0.717, 1.165) is 6.42 Å². The van der Waals surface area contributed by atoms with Gasteiger partial charge in [0, 0.05) is 24.7 Å². The van der Waals surface area contributed by atoms with Crippen molar-refractivity contribution < 1.29 is 19.1 Å². The Kier molecular flexibility index (Phi) is 4.67. The number of hydrogen-bond donors (Lipinski definition) is 1. The van der Waals surface area contributed by atoms with Crippen LogP contribution in [0.2, 0.25) is 0 Å². The van der Waals surface area contributed by atoms with Crippen LogP contribution in [0.25, 0.3) is 0 Å². The Morgan fingerprint density at radius 2 is 2.05 bits per heavy atom. The summed E-state index contributed by atoms with van der Waals surface area (Å²) in [5, 5.41) is 2.85. The Hall–Kier alpha value is -2.24. The topological polar surface area (TPSA) is 67.9 Å². The number of amides is 2. The van der Waals surface area contributed by atoms with Gasteiger partial charge in [0.2, 0.25) is 18.6 Å². The average Bonchev–Trinajstić information content (AvgIpc) is 2.91. The third kappa shape index (κ3) is 3.65. The molecule has 2 rings (SSSR count). The van der Waals surface area contributed by atoms with Crippen LogP contribution in [0.1, 0.15) is 27.2 Å². The van der Waals surface area contributed by atoms with Gasteiger partial charge >= 0.3 is 0 Å². The number of hydrogen-bond acceptors (Lipinski definition) is 4. The Balaban J connectivity index is 2.12. The number of benzene rings is 1. The summed E-state index contributed by atoms with van der Waals surface area (Å²) in [6.07, 6.45) is 0.843. The predicted octanol–water partition coefficient (Wildman–Crippen LogP) is 1.68. The van der Waals surface area contributed by atoms with Crippen LogP contribution < -0.4 is 19.7 Å². The molecule has 1 aromatic rings. The minimum absolute atomic E-state index is 0.0146. The van der Waals surface area contributed by atoms with E-state index in [4.69, 9.17) is 9.47 Å². The summed E-state index contributed by atoms with van der Waals surface area (Å²) in [7, 11) is 0. The highest BCUT2D eigenvalue weighted by atomic mass is 16.7. The molecule has 21 heavy (non-hydrogen) atoms. The van der Waals surface area contributed by atoms with Crippen LogP contribution in [0.3, 0.4) is 0 Å². The lowest BCUT2D eigenvalue weighted by Gasteiger charge is -2.22. The third-order valence-corrected chi connectivity index (χ3v) is 3.37. The van der Waals surface area contributed by atoms with E-state index in [1.54, 1.807) is 18.2 Å². The number of nitrogens with zero attached hydrogens (tertiary/aromatic N) is 1. The molecule has 0 aromatic heterocycles. The van der Waals surface area contributed by atoms with E-state index in [1.165, 1.54) is 11.8 Å². The van der Waals surface area contributed by atoms with Crippen LogP contribution in [0.5, 0.6) is 11.5 Å². The van der Waals surface area contributed by atoms with Crippen LogP contribution >= 0.6 is 0 Å². The summed E-state index contributed by atoms with van der Waals surface area (Å²) < 4.78 is 10.5. The summed E-state index contributed by atoms with van der Waals surface area (Å²) in [4.78, 5) is 25.2. The van der Waals surface area contributed by atoms with Crippen LogP contribution in [0.4, 0.5) is 5.69 Å². The van der Waals surface area contributed by atoms with Gasteiger partial charge in [0.15, 0.2) is 11.5 Å². The number of ether oxygens (including phenoxy) is 2. The molecular weight excluding hydrogens is 272 g/mol. The molecule has 0 spiro atoms. The lowest BCUT2D eigenvalue weighted by atomic mass is 10.2. The first-order valence-electron chi connectivity index (χ1n) is 6.98. The minimum Gasteiger partial charge on any atom is -0.454 e. The van der Waals surface area contributed by atoms with Crippen molar-refractivity contribution in [3.05, 3.63) is 18.2 Å². The molecular formula is C15H20N2O4. The van der Waals surface area contributed by atoms with E-state index >= 15 is 0 Å². The largest absolute Gasteiger partial charge is 0.454 e. The zero-order valence-corrected chi connectivity index (χ0v) is 12.5. The molecule has 0 aliphatic carbocycles. The molecule has 0 fully saturated rings. The highest BCUT2D eigenvalue weighted by Crippen LogP contribution is 2.35. The zero-order valence-electron chi connectivity index (χ0n) is 12.5. The lowest BCUT2D eigenvalue weighted by molar-refractivity contribution is -0.123. The predicted molar refractivity (Wildman–Crippen MR) is 78.5 cm³/mol. The fourth-order valence-corrected chi connectivity index (χ4v) is 2.00. The molecule has 1 aliphatic rings. The maximum atomic E-state index is 12.0. The van der Waals surface area contributed by atoms with Gasteiger partial charge in [0.05, 0.1) is 0 Å². The van der Waals surface area contributed by atoms with Crippen molar-refractivity contribution in [2.45, 2.75) is 33.2 Å². The summed E-state index contributed by atoms with van der Waals surface area (Å²) in [5.74, 6) is 0.845. The molecule has 1 N–H and O–H groups in total. The molecule has 0 saturated carbocycles. The van der Waals surface area contributed by atoms with Crippen molar-refractivity contribution in [1.82, 2.24) is 5.32 Å². The average molecular weight is 292 g/mol. The molecule has 1 heterocycles. The van der Waals surface area contributed by atoms with Gasteiger partial charge in [0.1, 0.15) is 6.54 Å². The molecule has 6 heteroatoms. The minimum atomic E-state index is -0.201. The van der Waals surface area contributed by atoms with Gasteiger partial charge in [-0.25, -0.2) is 0 Å². The molecule has 0 saturated heterocycles. The summed E-state index contributed by atoms with van der Waals surface area (Å²) in [6.45, 7) is 5.51. The Bertz CT molecular complexity index is 544. The highest BCUT2D eigenvalue weighted by Gasteiger charge is 2.20. The van der Waals surface area contributed by atoms with Crippen molar-refractivity contribution >= 4 is 17.5 Å². The number of anilines is 1. The summed E-state index contributed by atoms with van der Waals surface area (Å²) in [6, 6.07) is 5.27. The van der Waals surface area contributed by atoms with Crippen molar-refractivity contribution in [3.8, 4) is 11.5 Å². The van der Waals surface area contributed by atoms with Crippen LogP contribution in [-0.4, -0.2) is 31.2 Å². The van der Waals surface area contributed by atoms with Gasteiger partial charge in [0.25, 0.3) is 0 Å². The normalized spacial score (nSPS) is 13.7. The van der Waals surface area contributed by atoms with E-state index in [9.17, 15) is 9.59 Å². The number of carbonyl (C=O) groups is 2. The van der Waals surface area contributed by atoms with Gasteiger partial charge in [-0.2, -0.15) is 0 Å². The molecule has 0 bridgehead atoms. The SMILES string of the molecule is CCC(C)NC(=O)CN(C(C)=O)c1ccc2c(c1)OCO2. The number of rotatable bonds is 5. The smallest absolute Gasteiger partial charge is 0.240 e. The lowest BCUT2D eigenvalue weighted by Crippen LogP contribution is -2.42. The second-order valence-electron chi connectivity index (χ2n) is 5.02. The van der Waals surface area contributed by atoms with E-state index < -0.39 is 0 Å². The number of nitrogens with one attached hydrogen (secondary N) is 1. The van der Waals surface area contributed by atoms with E-state index in [1.807, 2.05) is 13.8 Å². The van der Waals surface area contributed by atoms with E-state index in [0.29, 0.717) is 17.2 Å². The first-order chi connectivity index (χ1) is 10.0. The summed E-state index contributed by atoms with van der Waals surface area (Å²) in [5.41, 5.74) is 0.617. The van der Waals surface area contributed by atoms with Crippen LogP contribution in [0.15, 0.2) is 18.2 Å². The van der Waals surface area contributed by atoms with Gasteiger partial charge in [-0.1, -0.05) is 6.92 Å². The van der Waals surface area contributed by atoms with Crippen molar-refractivity contribution in [1.29, 1.82) is 0 Å². The van der Waals surface area contributed by atoms with Gasteiger partial charge in [-0.3, -0.25) is 9.59 Å². The first-order valence-corrected chi connectivity index (χ1v) is 6.98. The monoisotopic (exact) mass is 292 g/mol. The van der Waals surface area contributed by atoms with Crippen LogP contribution in [-0.2, 0) is 9.59 Å². The zero-order chi connectivity index (χ0) is 15.4. The Morgan fingerprint density at radius 3 is 2.71 bits per heavy atom. The van der Waals surface area contributed by atoms with Crippen molar-refractivity contribution in [2.75, 3.05) is 18.2 Å². The Labute approximate surface area is 124 Å². The number of carbonyl (C=O) groups excluding carboxylic acids is 2.